The molecule has 0 spiro atoms. The van der Waals surface area contributed by atoms with E-state index in [1.54, 1.807) is 12.4 Å². The molecule has 100 valence electrons. The number of para-hydroxylation sites is 1. The van der Waals surface area contributed by atoms with Crippen molar-refractivity contribution in [3.63, 3.8) is 0 Å². The van der Waals surface area contributed by atoms with E-state index in [4.69, 9.17) is 10.5 Å². The highest BCUT2D eigenvalue weighted by Gasteiger charge is 2.05. The van der Waals surface area contributed by atoms with Crippen molar-refractivity contribution in [3.8, 4) is 11.8 Å². The van der Waals surface area contributed by atoms with Gasteiger partial charge in [0.2, 0.25) is 0 Å². The molecule has 0 aliphatic rings. The minimum Gasteiger partial charge on any atom is -0.424 e. The van der Waals surface area contributed by atoms with Crippen molar-refractivity contribution < 1.29 is 4.74 Å². The van der Waals surface area contributed by atoms with Crippen LogP contribution in [0.4, 0.5) is 0 Å². The molecule has 1 unspecified atom stereocenters. The average Bonchev–Trinajstić information content (AvgIpc) is 2.43. The van der Waals surface area contributed by atoms with Crippen molar-refractivity contribution in [1.29, 1.82) is 0 Å². The molecule has 0 amide bonds. The summed E-state index contributed by atoms with van der Waals surface area (Å²) in [5.74, 6) is 0.778. The van der Waals surface area contributed by atoms with E-state index in [0.29, 0.717) is 6.01 Å². The summed E-state index contributed by atoms with van der Waals surface area (Å²) < 4.78 is 5.64. The lowest BCUT2D eigenvalue weighted by Gasteiger charge is -2.09. The van der Waals surface area contributed by atoms with Gasteiger partial charge < -0.3 is 10.5 Å². The van der Waals surface area contributed by atoms with Crippen LogP contribution in [0.2, 0.25) is 0 Å². The molecule has 1 atom stereocenters. The summed E-state index contributed by atoms with van der Waals surface area (Å²) in [4.78, 5) is 8.43. The normalized spacial score (nSPS) is 12.2. The molecular weight excluding hydrogens is 238 g/mol. The fourth-order valence-electron chi connectivity index (χ4n) is 1.72. The Bertz CT molecular complexity index is 525. The van der Waals surface area contributed by atoms with Gasteiger partial charge >= 0.3 is 6.01 Å². The number of aromatic nitrogens is 2. The molecule has 0 saturated carbocycles. The summed E-state index contributed by atoms with van der Waals surface area (Å²) in [5.41, 5.74) is 7.99. The van der Waals surface area contributed by atoms with Gasteiger partial charge in [-0.15, -0.1) is 0 Å². The molecule has 1 heterocycles. The van der Waals surface area contributed by atoms with Crippen LogP contribution >= 0.6 is 0 Å². The van der Waals surface area contributed by atoms with Gasteiger partial charge in [0.15, 0.2) is 0 Å². The van der Waals surface area contributed by atoms with Gasteiger partial charge in [0.25, 0.3) is 0 Å². The van der Waals surface area contributed by atoms with Gasteiger partial charge in [0.05, 0.1) is 0 Å². The van der Waals surface area contributed by atoms with Crippen LogP contribution in [0.5, 0.6) is 11.8 Å². The van der Waals surface area contributed by atoms with Gasteiger partial charge in [-0.2, -0.15) is 0 Å². The lowest BCUT2D eigenvalue weighted by atomic mass is 10.1. The Labute approximate surface area is 113 Å². The second-order valence-corrected chi connectivity index (χ2v) is 4.61. The van der Waals surface area contributed by atoms with Crippen LogP contribution in [-0.4, -0.2) is 16.0 Å². The fraction of sp³-hybridized carbons (Fsp3) is 0.333. The topological polar surface area (TPSA) is 61.0 Å². The highest BCUT2D eigenvalue weighted by Crippen LogP contribution is 2.21. The highest BCUT2D eigenvalue weighted by molar-refractivity contribution is 5.33. The second-order valence-electron chi connectivity index (χ2n) is 4.61. The first-order chi connectivity index (χ1) is 9.19. The zero-order chi connectivity index (χ0) is 13.7. The van der Waals surface area contributed by atoms with E-state index in [-0.39, 0.29) is 6.04 Å². The van der Waals surface area contributed by atoms with Gasteiger partial charge in [0.1, 0.15) is 5.75 Å². The summed E-state index contributed by atoms with van der Waals surface area (Å²) in [5, 5.41) is 0. The van der Waals surface area contributed by atoms with Crippen molar-refractivity contribution in [2.45, 2.75) is 32.7 Å². The Morgan fingerprint density at radius 1 is 1.21 bits per heavy atom. The molecule has 0 aliphatic heterocycles. The fourth-order valence-corrected chi connectivity index (χ4v) is 1.72. The average molecular weight is 257 g/mol. The zero-order valence-corrected chi connectivity index (χ0v) is 11.3. The van der Waals surface area contributed by atoms with Crippen LogP contribution in [0.15, 0.2) is 36.7 Å². The molecule has 19 heavy (non-hydrogen) atoms. The Kier molecular flexibility index (Phi) is 4.47. The lowest BCUT2D eigenvalue weighted by molar-refractivity contribution is 0.437. The van der Waals surface area contributed by atoms with Gasteiger partial charge in [-0.3, -0.25) is 0 Å². The monoisotopic (exact) mass is 257 g/mol. The summed E-state index contributed by atoms with van der Waals surface area (Å²) in [7, 11) is 0. The quantitative estimate of drug-likeness (QED) is 0.894. The molecule has 2 N–H and O–H groups in total. The summed E-state index contributed by atoms with van der Waals surface area (Å²) >= 11 is 0. The summed E-state index contributed by atoms with van der Waals surface area (Å²) in [6.07, 6.45) is 5.29. The van der Waals surface area contributed by atoms with Gasteiger partial charge in [-0.05, 0) is 37.0 Å². The molecule has 4 heteroatoms. The maximum atomic E-state index is 5.90. The Morgan fingerprint density at radius 3 is 2.53 bits per heavy atom. The molecule has 4 nitrogen and oxygen atoms in total. The SMILES string of the molecule is CCC(N)Cc1cnc(Oc2ccccc2C)nc1. The first kappa shape index (κ1) is 13.5. The summed E-state index contributed by atoms with van der Waals surface area (Å²) in [6, 6.07) is 8.31. The Morgan fingerprint density at radius 2 is 1.89 bits per heavy atom. The molecule has 0 saturated heterocycles. The van der Waals surface area contributed by atoms with Gasteiger partial charge in [0, 0.05) is 18.4 Å². The van der Waals surface area contributed by atoms with Crippen LogP contribution in [0.1, 0.15) is 24.5 Å². The van der Waals surface area contributed by atoms with Gasteiger partial charge in [-0.1, -0.05) is 25.1 Å². The first-order valence-electron chi connectivity index (χ1n) is 6.49. The van der Waals surface area contributed by atoms with E-state index >= 15 is 0 Å². The standard InChI is InChI=1S/C15H19N3O/c1-3-13(16)8-12-9-17-15(18-10-12)19-14-7-5-4-6-11(14)2/h4-7,9-10,13H,3,8,16H2,1-2H3. The van der Waals surface area contributed by atoms with Crippen LogP contribution in [-0.2, 0) is 6.42 Å². The predicted octanol–water partition coefficient (Wildman–Crippen LogP) is 2.86. The summed E-state index contributed by atoms with van der Waals surface area (Å²) in [6.45, 7) is 4.06. The van der Waals surface area contributed by atoms with E-state index < -0.39 is 0 Å². The lowest BCUT2D eigenvalue weighted by Crippen LogP contribution is -2.21. The predicted molar refractivity (Wildman–Crippen MR) is 75.3 cm³/mol. The minimum absolute atomic E-state index is 0.159. The largest absolute Gasteiger partial charge is 0.424 e. The maximum absolute atomic E-state index is 5.90. The van der Waals surface area contributed by atoms with E-state index in [2.05, 4.69) is 16.9 Å². The first-order valence-corrected chi connectivity index (χ1v) is 6.49. The van der Waals surface area contributed by atoms with Crippen molar-refractivity contribution in [2.24, 2.45) is 5.73 Å². The third-order valence-corrected chi connectivity index (χ3v) is 3.00. The molecule has 0 bridgehead atoms. The van der Waals surface area contributed by atoms with Crippen LogP contribution in [0.3, 0.4) is 0 Å². The Hall–Kier alpha value is -1.94. The third kappa shape index (κ3) is 3.76. The molecule has 0 fully saturated rings. The van der Waals surface area contributed by atoms with E-state index in [0.717, 1.165) is 29.7 Å². The number of hydrogen-bond acceptors (Lipinski definition) is 4. The van der Waals surface area contributed by atoms with E-state index in [1.165, 1.54) is 0 Å². The highest BCUT2D eigenvalue weighted by atomic mass is 16.5. The number of nitrogens with zero attached hydrogens (tertiary/aromatic N) is 2. The third-order valence-electron chi connectivity index (χ3n) is 3.00. The van der Waals surface area contributed by atoms with Crippen LogP contribution in [0.25, 0.3) is 0 Å². The number of aryl methyl sites for hydroxylation is 1. The molecular formula is C15H19N3O. The number of benzene rings is 1. The van der Waals surface area contributed by atoms with Crippen LogP contribution in [0, 0.1) is 6.92 Å². The van der Waals surface area contributed by atoms with Crippen molar-refractivity contribution in [3.05, 3.63) is 47.8 Å². The zero-order valence-electron chi connectivity index (χ0n) is 11.3. The minimum atomic E-state index is 0.159. The smallest absolute Gasteiger partial charge is 0.321 e. The molecule has 2 rings (SSSR count). The van der Waals surface area contributed by atoms with Gasteiger partial charge in [-0.25, -0.2) is 9.97 Å². The number of nitrogens with two attached hydrogens (primary N) is 1. The number of ether oxygens (including phenoxy) is 1. The Balaban J connectivity index is 2.05. The number of rotatable bonds is 5. The molecule has 1 aromatic carbocycles. The second kappa shape index (κ2) is 6.29. The molecule has 1 aromatic heterocycles. The van der Waals surface area contributed by atoms with E-state index in [1.807, 2.05) is 31.2 Å². The molecule has 0 radical (unpaired) electrons. The number of hydrogen-bond donors (Lipinski definition) is 1. The molecule has 0 aliphatic carbocycles. The molecule has 2 aromatic rings. The van der Waals surface area contributed by atoms with Crippen molar-refractivity contribution in [1.82, 2.24) is 9.97 Å². The van der Waals surface area contributed by atoms with Crippen molar-refractivity contribution in [2.75, 3.05) is 0 Å². The van der Waals surface area contributed by atoms with Crippen LogP contribution < -0.4 is 10.5 Å². The van der Waals surface area contributed by atoms with Crippen molar-refractivity contribution >= 4 is 0 Å². The maximum Gasteiger partial charge on any atom is 0.321 e. The van der Waals surface area contributed by atoms with E-state index in [9.17, 15) is 0 Å².